The molecule has 1 aliphatic rings. The Kier molecular flexibility index (Phi) is 2.55. The van der Waals surface area contributed by atoms with Crippen LogP contribution >= 0.6 is 0 Å². The van der Waals surface area contributed by atoms with Crippen LogP contribution in [-0.2, 0) is 5.41 Å². The van der Waals surface area contributed by atoms with E-state index in [4.69, 9.17) is 5.10 Å². The number of hydrogen-bond donors (Lipinski definition) is 1. The van der Waals surface area contributed by atoms with Crippen molar-refractivity contribution in [1.82, 2.24) is 9.78 Å². The molecule has 0 unspecified atom stereocenters. The van der Waals surface area contributed by atoms with Gasteiger partial charge in [-0.3, -0.25) is 0 Å². The molecule has 0 aliphatic carbocycles. The number of rotatable bonds is 0. The van der Waals surface area contributed by atoms with Gasteiger partial charge >= 0.3 is 0 Å². The second kappa shape index (κ2) is 4.46. The molecule has 118 valence electrons. The Hall–Kier alpha value is -2.65. The maximum absolute atomic E-state index is 11.3. The summed E-state index contributed by atoms with van der Waals surface area (Å²) >= 11 is 0. The summed E-state index contributed by atoms with van der Waals surface area (Å²) in [6.07, 6.45) is -0.578. The van der Waals surface area contributed by atoms with Gasteiger partial charge in [0.15, 0.2) is 0 Å². The number of aliphatic hydroxyl groups is 1. The van der Waals surface area contributed by atoms with E-state index in [-0.39, 0.29) is 0 Å². The molecule has 0 fully saturated rings. The fourth-order valence-electron chi connectivity index (χ4n) is 4.07. The van der Waals surface area contributed by atoms with E-state index in [0.29, 0.717) is 0 Å². The highest BCUT2D eigenvalue weighted by atomic mass is 16.3. The van der Waals surface area contributed by atoms with Crippen LogP contribution in [0.3, 0.4) is 0 Å². The molecular weight excluding hydrogens is 296 g/mol. The molecule has 0 radical (unpaired) electrons. The molecule has 1 aromatic heterocycles. The molecular formula is C21H18N2O. The number of nitrogens with zero attached hydrogens (tertiary/aromatic N) is 2. The van der Waals surface area contributed by atoms with Crippen molar-refractivity contribution in [2.45, 2.75) is 25.4 Å². The monoisotopic (exact) mass is 314 g/mol. The summed E-state index contributed by atoms with van der Waals surface area (Å²) in [5, 5.41) is 19.5. The molecule has 24 heavy (non-hydrogen) atoms. The van der Waals surface area contributed by atoms with Crippen molar-refractivity contribution in [2.24, 2.45) is 0 Å². The molecule has 1 aliphatic heterocycles. The van der Waals surface area contributed by atoms with E-state index < -0.39 is 11.5 Å². The lowest BCUT2D eigenvalue weighted by atomic mass is 9.74. The first-order chi connectivity index (χ1) is 11.6. The molecule has 3 nitrogen and oxygen atoms in total. The molecule has 0 amide bonds. The lowest BCUT2D eigenvalue weighted by Crippen LogP contribution is -2.35. The summed E-state index contributed by atoms with van der Waals surface area (Å²) in [7, 11) is 0. The van der Waals surface area contributed by atoms with Crippen LogP contribution in [0.1, 0.15) is 31.2 Å². The fourth-order valence-corrected chi connectivity index (χ4v) is 4.07. The Morgan fingerprint density at radius 1 is 0.917 bits per heavy atom. The van der Waals surface area contributed by atoms with Gasteiger partial charge in [0.1, 0.15) is 0 Å². The van der Waals surface area contributed by atoms with E-state index in [1.54, 1.807) is 0 Å². The smallest absolute Gasteiger partial charge is 0.0930 e. The molecule has 0 bridgehead atoms. The number of benzene rings is 3. The summed E-state index contributed by atoms with van der Waals surface area (Å²) in [6, 6.07) is 20.6. The van der Waals surface area contributed by atoms with Crippen molar-refractivity contribution >= 4 is 21.7 Å². The van der Waals surface area contributed by atoms with Crippen LogP contribution in [0.5, 0.6) is 0 Å². The van der Waals surface area contributed by atoms with Gasteiger partial charge in [-0.25, -0.2) is 4.68 Å². The summed E-state index contributed by atoms with van der Waals surface area (Å²) < 4.78 is 2.03. The second-order valence-corrected chi connectivity index (χ2v) is 7.12. The maximum Gasteiger partial charge on any atom is 0.0930 e. The van der Waals surface area contributed by atoms with E-state index in [2.05, 4.69) is 44.2 Å². The molecule has 0 saturated heterocycles. The molecule has 1 atom stereocenters. The van der Waals surface area contributed by atoms with E-state index in [1.165, 1.54) is 0 Å². The number of fused-ring (bicyclic) bond motifs is 7. The zero-order valence-corrected chi connectivity index (χ0v) is 13.7. The minimum Gasteiger partial charge on any atom is -0.387 e. The largest absolute Gasteiger partial charge is 0.387 e. The van der Waals surface area contributed by atoms with Gasteiger partial charge in [-0.1, -0.05) is 62.4 Å². The lowest BCUT2D eigenvalue weighted by molar-refractivity contribution is 0.0926. The first-order valence-electron chi connectivity index (χ1n) is 8.27. The van der Waals surface area contributed by atoms with Crippen LogP contribution < -0.4 is 0 Å². The Morgan fingerprint density at radius 2 is 1.62 bits per heavy atom. The van der Waals surface area contributed by atoms with Crippen molar-refractivity contribution < 1.29 is 5.11 Å². The van der Waals surface area contributed by atoms with E-state index in [0.717, 1.165) is 38.6 Å². The topological polar surface area (TPSA) is 38.0 Å². The van der Waals surface area contributed by atoms with Gasteiger partial charge < -0.3 is 5.11 Å². The maximum atomic E-state index is 11.3. The third kappa shape index (κ3) is 1.57. The average Bonchev–Trinajstić information content (AvgIpc) is 2.99. The van der Waals surface area contributed by atoms with E-state index in [9.17, 15) is 5.11 Å². The fraction of sp³-hybridized carbons (Fsp3) is 0.190. The van der Waals surface area contributed by atoms with E-state index in [1.807, 2.05) is 35.0 Å². The van der Waals surface area contributed by atoms with Gasteiger partial charge in [-0.15, -0.1) is 0 Å². The van der Waals surface area contributed by atoms with Crippen LogP contribution in [0.25, 0.3) is 27.4 Å². The van der Waals surface area contributed by atoms with Gasteiger partial charge in [-0.2, -0.15) is 5.10 Å². The van der Waals surface area contributed by atoms with Crippen molar-refractivity contribution in [3.63, 3.8) is 0 Å². The van der Waals surface area contributed by atoms with Gasteiger partial charge in [0.2, 0.25) is 0 Å². The highest BCUT2D eigenvalue weighted by Crippen LogP contribution is 2.48. The zero-order valence-electron chi connectivity index (χ0n) is 13.7. The quantitative estimate of drug-likeness (QED) is 0.519. The summed E-state index contributed by atoms with van der Waals surface area (Å²) in [5.74, 6) is 0. The van der Waals surface area contributed by atoms with Crippen molar-refractivity contribution in [2.75, 3.05) is 0 Å². The Bertz CT molecular complexity index is 1110. The van der Waals surface area contributed by atoms with Crippen LogP contribution in [0.15, 0.2) is 60.7 Å². The van der Waals surface area contributed by atoms with E-state index >= 15 is 0 Å². The van der Waals surface area contributed by atoms with Gasteiger partial charge in [0.25, 0.3) is 0 Å². The number of aliphatic hydroxyl groups excluding tert-OH is 1. The summed E-state index contributed by atoms with van der Waals surface area (Å²) in [6.45, 7) is 4.20. The molecule has 2 heterocycles. The number of aromatic nitrogens is 2. The van der Waals surface area contributed by atoms with Crippen molar-refractivity contribution in [1.29, 1.82) is 0 Å². The Morgan fingerprint density at radius 3 is 2.46 bits per heavy atom. The second-order valence-electron chi connectivity index (χ2n) is 7.12. The zero-order chi connectivity index (χ0) is 16.5. The lowest BCUT2D eigenvalue weighted by Gasteiger charge is -2.38. The molecule has 0 saturated carbocycles. The van der Waals surface area contributed by atoms with Crippen LogP contribution in [0.4, 0.5) is 0 Å². The van der Waals surface area contributed by atoms with Gasteiger partial charge in [-0.05, 0) is 22.9 Å². The highest BCUT2D eigenvalue weighted by Gasteiger charge is 2.42. The van der Waals surface area contributed by atoms with Crippen LogP contribution in [0, 0.1) is 0 Å². The predicted molar refractivity (Wildman–Crippen MR) is 96.6 cm³/mol. The Balaban J connectivity index is 1.98. The molecule has 0 spiro atoms. The van der Waals surface area contributed by atoms with Crippen molar-refractivity contribution in [3.05, 3.63) is 71.9 Å². The third-order valence-electron chi connectivity index (χ3n) is 5.32. The molecule has 5 rings (SSSR count). The SMILES string of the molecule is CC1(C)c2c3ccccc3nn2-c2ccc3ccccc3c2[C@H]1O. The number of hydrogen-bond acceptors (Lipinski definition) is 2. The first kappa shape index (κ1) is 13.8. The third-order valence-corrected chi connectivity index (χ3v) is 5.32. The van der Waals surface area contributed by atoms with Crippen LogP contribution in [-0.4, -0.2) is 14.9 Å². The average molecular weight is 314 g/mol. The molecule has 1 N–H and O–H groups in total. The highest BCUT2D eigenvalue weighted by molar-refractivity contribution is 5.91. The molecule has 3 aromatic carbocycles. The predicted octanol–water partition coefficient (Wildman–Crippen LogP) is 4.50. The molecule has 4 aromatic rings. The summed E-state index contributed by atoms with van der Waals surface area (Å²) in [5.41, 5.74) is 3.57. The van der Waals surface area contributed by atoms with Gasteiger partial charge in [0.05, 0.1) is 23.0 Å². The summed E-state index contributed by atoms with van der Waals surface area (Å²) in [4.78, 5) is 0. The standard InChI is InChI=1S/C21H18N2O/c1-21(2)19-15-9-5-6-10-16(15)22-23(19)17-12-11-13-7-3-4-8-14(13)18(17)20(21)24/h3-12,20,24H,1-2H3/t20-/m1/s1. The van der Waals surface area contributed by atoms with Crippen LogP contribution in [0.2, 0.25) is 0 Å². The van der Waals surface area contributed by atoms with Crippen molar-refractivity contribution in [3.8, 4) is 5.69 Å². The minimum absolute atomic E-state index is 0.423. The molecule has 3 heteroatoms. The Labute approximate surface area is 140 Å². The van der Waals surface area contributed by atoms with Gasteiger partial charge in [0, 0.05) is 16.4 Å². The normalized spacial score (nSPS) is 18.5. The first-order valence-corrected chi connectivity index (χ1v) is 8.27. The minimum atomic E-state index is -0.578.